The molecule has 0 N–H and O–H groups in total. The van der Waals surface area contributed by atoms with Gasteiger partial charge in [-0.1, -0.05) is 61.3 Å². The van der Waals surface area contributed by atoms with E-state index >= 15 is 0 Å². The van der Waals surface area contributed by atoms with Gasteiger partial charge in [0.2, 0.25) is 0 Å². The maximum atomic E-state index is 5.90. The summed E-state index contributed by atoms with van der Waals surface area (Å²) < 4.78 is 1.02. The molecule has 0 atom stereocenters. The second-order valence-corrected chi connectivity index (χ2v) is 3.74. The van der Waals surface area contributed by atoms with E-state index < -0.39 is 0 Å². The smallest absolute Gasteiger partial charge is 0.136 e. The molecule has 2 rings (SSSR count). The number of nitrogens with zero attached hydrogens (tertiary/aromatic N) is 1. The highest BCUT2D eigenvalue weighted by Gasteiger charge is 1.98. The Hall–Kier alpha value is -0.600. The highest BCUT2D eigenvalue weighted by atomic mass is 79.9. The summed E-state index contributed by atoms with van der Waals surface area (Å²) in [5, 5.41) is 2.64. The number of hydrogen-bond donors (Lipinski definition) is 0. The second kappa shape index (κ2) is 8.54. The molecule has 0 aliphatic rings. The van der Waals surface area contributed by atoms with Crippen molar-refractivity contribution in [1.82, 2.24) is 4.98 Å². The second-order valence-electron chi connectivity index (χ2n) is 2.47. The average Bonchev–Trinajstić information content (AvgIpc) is 2.35. The van der Waals surface area contributed by atoms with E-state index in [0.717, 1.165) is 15.2 Å². The van der Waals surface area contributed by atoms with E-state index in [9.17, 15) is 0 Å². The van der Waals surface area contributed by atoms with Gasteiger partial charge in [-0.2, -0.15) is 0 Å². The largest absolute Gasteiger partial charge is 0.244 e. The van der Waals surface area contributed by atoms with Gasteiger partial charge in [-0.05, 0) is 23.6 Å². The van der Waals surface area contributed by atoms with Crippen LogP contribution in [-0.4, -0.2) is 4.98 Å². The monoisotopic (exact) mass is 301 g/mol. The fourth-order valence-electron chi connectivity index (χ4n) is 1.11. The Bertz CT molecular complexity index is 429. The quantitative estimate of drug-likeness (QED) is 0.569. The van der Waals surface area contributed by atoms with Gasteiger partial charge >= 0.3 is 0 Å². The SMILES string of the molecule is CC.CC.Clc1nccc2ccc(Br)cc12. The fraction of sp³-hybridized carbons (Fsp3) is 0.308. The van der Waals surface area contributed by atoms with Crippen LogP contribution in [-0.2, 0) is 0 Å². The van der Waals surface area contributed by atoms with E-state index in [1.165, 1.54) is 0 Å². The van der Waals surface area contributed by atoms with E-state index in [2.05, 4.69) is 20.9 Å². The third kappa shape index (κ3) is 4.11. The van der Waals surface area contributed by atoms with Crippen molar-refractivity contribution in [2.75, 3.05) is 0 Å². The Balaban J connectivity index is 0.000000509. The Morgan fingerprint density at radius 1 is 1.06 bits per heavy atom. The maximum absolute atomic E-state index is 5.90. The van der Waals surface area contributed by atoms with Crippen molar-refractivity contribution in [3.05, 3.63) is 40.1 Å². The molecule has 0 bridgehead atoms. The van der Waals surface area contributed by atoms with Crippen LogP contribution in [0.25, 0.3) is 10.8 Å². The molecule has 0 saturated heterocycles. The number of fused-ring (bicyclic) bond motifs is 1. The molecular formula is C13H17BrClN. The van der Waals surface area contributed by atoms with Crippen LogP contribution in [0.4, 0.5) is 0 Å². The third-order valence-corrected chi connectivity index (χ3v) is 2.47. The molecule has 0 saturated carbocycles. The van der Waals surface area contributed by atoms with Crippen molar-refractivity contribution in [1.29, 1.82) is 0 Å². The molecule has 0 aliphatic heterocycles. The highest BCUT2D eigenvalue weighted by molar-refractivity contribution is 9.10. The van der Waals surface area contributed by atoms with Gasteiger partial charge in [0, 0.05) is 16.1 Å². The Morgan fingerprint density at radius 2 is 1.69 bits per heavy atom. The van der Waals surface area contributed by atoms with Crippen LogP contribution in [0.1, 0.15) is 27.7 Å². The van der Waals surface area contributed by atoms with Crippen LogP contribution >= 0.6 is 27.5 Å². The molecule has 0 radical (unpaired) electrons. The van der Waals surface area contributed by atoms with Crippen LogP contribution in [0.2, 0.25) is 5.15 Å². The molecule has 0 unspecified atom stereocenters. The molecule has 16 heavy (non-hydrogen) atoms. The van der Waals surface area contributed by atoms with Crippen molar-refractivity contribution in [2.24, 2.45) is 0 Å². The van der Waals surface area contributed by atoms with Crippen molar-refractivity contribution in [3.8, 4) is 0 Å². The Kier molecular flexibility index (Phi) is 8.22. The summed E-state index contributed by atoms with van der Waals surface area (Å²) in [5.74, 6) is 0. The van der Waals surface area contributed by atoms with E-state index in [0.29, 0.717) is 5.15 Å². The number of rotatable bonds is 0. The Morgan fingerprint density at radius 3 is 2.31 bits per heavy atom. The van der Waals surface area contributed by atoms with Crippen LogP contribution in [0.5, 0.6) is 0 Å². The summed E-state index contributed by atoms with van der Waals surface area (Å²) in [6, 6.07) is 7.89. The lowest BCUT2D eigenvalue weighted by Crippen LogP contribution is -1.77. The number of hydrogen-bond acceptors (Lipinski definition) is 1. The van der Waals surface area contributed by atoms with Crippen LogP contribution < -0.4 is 0 Å². The molecule has 1 aromatic carbocycles. The molecule has 1 nitrogen and oxygen atoms in total. The van der Waals surface area contributed by atoms with Crippen LogP contribution in [0.15, 0.2) is 34.9 Å². The molecule has 1 heterocycles. The average molecular weight is 303 g/mol. The first-order valence-electron chi connectivity index (χ1n) is 5.47. The van der Waals surface area contributed by atoms with Gasteiger partial charge in [0.25, 0.3) is 0 Å². The normalized spacial score (nSPS) is 8.62. The first-order chi connectivity index (χ1) is 7.77. The molecule has 0 aliphatic carbocycles. The molecule has 0 amide bonds. The van der Waals surface area contributed by atoms with E-state index in [4.69, 9.17) is 11.6 Å². The third-order valence-electron chi connectivity index (χ3n) is 1.68. The zero-order chi connectivity index (χ0) is 12.6. The summed E-state index contributed by atoms with van der Waals surface area (Å²) in [6.45, 7) is 8.00. The molecule has 2 aromatic rings. The first-order valence-corrected chi connectivity index (χ1v) is 6.64. The van der Waals surface area contributed by atoms with Gasteiger partial charge in [-0.3, -0.25) is 0 Å². The van der Waals surface area contributed by atoms with E-state index in [-0.39, 0.29) is 0 Å². The minimum Gasteiger partial charge on any atom is -0.244 e. The summed E-state index contributed by atoms with van der Waals surface area (Å²) in [6.07, 6.45) is 1.71. The van der Waals surface area contributed by atoms with Gasteiger partial charge in [0.05, 0.1) is 0 Å². The van der Waals surface area contributed by atoms with Gasteiger partial charge in [0.15, 0.2) is 0 Å². The van der Waals surface area contributed by atoms with Crippen LogP contribution in [0, 0.1) is 0 Å². The van der Waals surface area contributed by atoms with E-state index in [1.807, 2.05) is 52.0 Å². The predicted octanol–water partition coefficient (Wildman–Crippen LogP) is 5.70. The predicted molar refractivity (Wildman–Crippen MR) is 77.1 cm³/mol. The van der Waals surface area contributed by atoms with Crippen molar-refractivity contribution in [3.63, 3.8) is 0 Å². The first kappa shape index (κ1) is 15.4. The molecule has 0 fully saturated rings. The minimum absolute atomic E-state index is 0.550. The summed E-state index contributed by atoms with van der Waals surface area (Å²) in [7, 11) is 0. The highest BCUT2D eigenvalue weighted by Crippen LogP contribution is 2.24. The number of pyridine rings is 1. The summed E-state index contributed by atoms with van der Waals surface area (Å²) in [4.78, 5) is 3.99. The lowest BCUT2D eigenvalue weighted by molar-refractivity contribution is 1.36. The molecule has 88 valence electrons. The van der Waals surface area contributed by atoms with Gasteiger partial charge in [-0.15, -0.1) is 0 Å². The number of benzene rings is 1. The zero-order valence-electron chi connectivity index (χ0n) is 10.1. The lowest BCUT2D eigenvalue weighted by atomic mass is 10.2. The Labute approximate surface area is 111 Å². The van der Waals surface area contributed by atoms with Crippen molar-refractivity contribution < 1.29 is 0 Å². The lowest BCUT2D eigenvalue weighted by Gasteiger charge is -1.98. The topological polar surface area (TPSA) is 12.9 Å². The maximum Gasteiger partial charge on any atom is 0.136 e. The van der Waals surface area contributed by atoms with Crippen molar-refractivity contribution in [2.45, 2.75) is 27.7 Å². The van der Waals surface area contributed by atoms with Crippen molar-refractivity contribution >= 4 is 38.3 Å². The number of halogens is 2. The van der Waals surface area contributed by atoms with Crippen LogP contribution in [0.3, 0.4) is 0 Å². The fourth-order valence-corrected chi connectivity index (χ4v) is 1.69. The molecule has 0 spiro atoms. The summed E-state index contributed by atoms with van der Waals surface area (Å²) >= 11 is 9.28. The summed E-state index contributed by atoms with van der Waals surface area (Å²) in [5.41, 5.74) is 0. The van der Waals surface area contributed by atoms with E-state index in [1.54, 1.807) is 6.20 Å². The number of aromatic nitrogens is 1. The standard InChI is InChI=1S/C9H5BrClN.2C2H6/c10-7-2-1-6-3-4-12-9(11)8(6)5-7;2*1-2/h1-5H;2*1-2H3. The minimum atomic E-state index is 0.550. The van der Waals surface area contributed by atoms with Gasteiger partial charge < -0.3 is 0 Å². The van der Waals surface area contributed by atoms with Gasteiger partial charge in [0.1, 0.15) is 5.15 Å². The molecular weight excluding hydrogens is 286 g/mol. The molecule has 1 aromatic heterocycles. The zero-order valence-corrected chi connectivity index (χ0v) is 12.4. The molecule has 3 heteroatoms. The van der Waals surface area contributed by atoms with Gasteiger partial charge in [-0.25, -0.2) is 4.98 Å².